The molecule has 1 saturated heterocycles. The summed E-state index contributed by atoms with van der Waals surface area (Å²) in [4.78, 5) is 11.4. The molecule has 2 unspecified atom stereocenters. The van der Waals surface area contributed by atoms with Gasteiger partial charge in [0, 0.05) is 0 Å². The molecule has 0 saturated carbocycles. The zero-order valence-corrected chi connectivity index (χ0v) is 11.6. The van der Waals surface area contributed by atoms with Crippen molar-refractivity contribution in [2.24, 2.45) is 5.73 Å². The predicted molar refractivity (Wildman–Crippen MR) is 80.8 cm³/mol. The fourth-order valence-electron chi connectivity index (χ4n) is 3.26. The first kappa shape index (κ1) is 13.8. The lowest BCUT2D eigenvalue weighted by Gasteiger charge is -2.34. The molecule has 0 amide bonds. The van der Waals surface area contributed by atoms with Crippen LogP contribution in [0, 0.1) is 0 Å². The molecule has 1 heterocycles. The Bertz CT molecular complexity index is 588. The second-order valence-corrected chi connectivity index (χ2v) is 5.44. The second-order valence-electron chi connectivity index (χ2n) is 5.44. The maximum atomic E-state index is 11.4. The number of hydrogen-bond donors (Lipinski definition) is 3. The van der Waals surface area contributed by atoms with Gasteiger partial charge in [-0.1, -0.05) is 60.7 Å². The number of nitrogens with two attached hydrogens (primary N) is 1. The molecule has 108 valence electrons. The van der Waals surface area contributed by atoms with E-state index in [1.54, 1.807) is 0 Å². The van der Waals surface area contributed by atoms with Crippen molar-refractivity contribution in [3.05, 3.63) is 71.8 Å². The van der Waals surface area contributed by atoms with Crippen molar-refractivity contribution in [3.63, 3.8) is 0 Å². The highest BCUT2D eigenvalue weighted by molar-refractivity contribution is 5.75. The number of hydrogen-bond acceptors (Lipinski definition) is 3. The highest BCUT2D eigenvalue weighted by Gasteiger charge is 2.49. The Labute approximate surface area is 123 Å². The van der Waals surface area contributed by atoms with Gasteiger partial charge in [0.05, 0.1) is 11.6 Å². The van der Waals surface area contributed by atoms with E-state index in [2.05, 4.69) is 5.32 Å². The largest absolute Gasteiger partial charge is 0.480 e. The number of nitrogens with one attached hydrogen (secondary N) is 1. The van der Waals surface area contributed by atoms with Gasteiger partial charge in [-0.2, -0.15) is 0 Å². The van der Waals surface area contributed by atoms with Crippen molar-refractivity contribution >= 4 is 5.97 Å². The molecule has 0 radical (unpaired) electrons. The molecule has 2 atom stereocenters. The molecule has 1 aliphatic heterocycles. The van der Waals surface area contributed by atoms with E-state index >= 15 is 0 Å². The topological polar surface area (TPSA) is 75.3 Å². The van der Waals surface area contributed by atoms with Gasteiger partial charge in [0.1, 0.15) is 6.04 Å². The molecule has 1 fully saturated rings. The average molecular weight is 282 g/mol. The van der Waals surface area contributed by atoms with Gasteiger partial charge in [-0.15, -0.1) is 0 Å². The Morgan fingerprint density at radius 2 is 1.52 bits per heavy atom. The van der Waals surface area contributed by atoms with Gasteiger partial charge in [0.15, 0.2) is 0 Å². The predicted octanol–water partition coefficient (Wildman–Crippen LogP) is 1.70. The number of benzene rings is 2. The Balaban J connectivity index is 2.15. The Hall–Kier alpha value is -2.17. The maximum absolute atomic E-state index is 11.4. The van der Waals surface area contributed by atoms with Crippen LogP contribution in [0.25, 0.3) is 0 Å². The summed E-state index contributed by atoms with van der Waals surface area (Å²) in [7, 11) is 0. The fraction of sp³-hybridized carbons (Fsp3) is 0.235. The molecular weight excluding hydrogens is 264 g/mol. The van der Waals surface area contributed by atoms with E-state index in [9.17, 15) is 9.90 Å². The first-order valence-corrected chi connectivity index (χ1v) is 7.00. The van der Waals surface area contributed by atoms with E-state index in [-0.39, 0.29) is 0 Å². The first-order chi connectivity index (χ1) is 10.1. The van der Waals surface area contributed by atoms with Crippen LogP contribution in [0.5, 0.6) is 0 Å². The van der Waals surface area contributed by atoms with Crippen molar-refractivity contribution < 1.29 is 9.90 Å². The van der Waals surface area contributed by atoms with Gasteiger partial charge in [-0.25, -0.2) is 0 Å². The molecule has 2 aromatic rings. The minimum atomic E-state index is -0.862. The molecule has 4 N–H and O–H groups in total. The van der Waals surface area contributed by atoms with Crippen LogP contribution in [0.2, 0.25) is 0 Å². The second kappa shape index (κ2) is 5.31. The van der Waals surface area contributed by atoms with Gasteiger partial charge in [0.2, 0.25) is 0 Å². The molecule has 1 aliphatic rings. The van der Waals surface area contributed by atoms with Crippen LogP contribution in [0.1, 0.15) is 17.5 Å². The van der Waals surface area contributed by atoms with Crippen LogP contribution in [0.3, 0.4) is 0 Å². The highest BCUT2D eigenvalue weighted by Crippen LogP contribution is 2.42. The van der Waals surface area contributed by atoms with Gasteiger partial charge in [0.25, 0.3) is 0 Å². The van der Waals surface area contributed by atoms with Crippen molar-refractivity contribution in [2.75, 3.05) is 0 Å². The molecular formula is C17H18N2O2. The average Bonchev–Trinajstić information content (AvgIpc) is 2.88. The van der Waals surface area contributed by atoms with E-state index in [0.717, 1.165) is 11.1 Å². The molecule has 3 rings (SSSR count). The van der Waals surface area contributed by atoms with E-state index in [1.807, 2.05) is 60.7 Å². The van der Waals surface area contributed by atoms with Crippen LogP contribution in [0.4, 0.5) is 0 Å². The zero-order chi connectivity index (χ0) is 14.9. The monoisotopic (exact) mass is 282 g/mol. The van der Waals surface area contributed by atoms with Crippen LogP contribution in [0.15, 0.2) is 60.7 Å². The van der Waals surface area contributed by atoms with Crippen LogP contribution >= 0.6 is 0 Å². The normalized spacial score (nSPS) is 23.9. The summed E-state index contributed by atoms with van der Waals surface area (Å²) in [5.74, 6) is -0.862. The van der Waals surface area contributed by atoms with Crippen molar-refractivity contribution in [1.82, 2.24) is 5.32 Å². The minimum Gasteiger partial charge on any atom is -0.480 e. The third-order valence-corrected chi connectivity index (χ3v) is 4.31. The maximum Gasteiger partial charge on any atom is 0.320 e. The van der Waals surface area contributed by atoms with Crippen LogP contribution < -0.4 is 11.1 Å². The lowest BCUT2D eigenvalue weighted by Crippen LogP contribution is -2.48. The summed E-state index contributed by atoms with van der Waals surface area (Å²) in [5.41, 5.74) is 7.89. The highest BCUT2D eigenvalue weighted by atomic mass is 16.4. The number of rotatable bonds is 3. The standard InChI is InChI=1S/C17H18N2O2/c18-16-17(11-14(19-16)15(20)21,12-7-3-1-4-8-12)13-9-5-2-6-10-13/h1-10,14,16,19H,11,18H2,(H,20,21). The molecule has 0 aliphatic carbocycles. The Morgan fingerprint density at radius 1 is 1.05 bits per heavy atom. The minimum absolute atomic E-state index is 0.441. The first-order valence-electron chi connectivity index (χ1n) is 7.00. The molecule has 4 nitrogen and oxygen atoms in total. The smallest absolute Gasteiger partial charge is 0.320 e. The van der Waals surface area contributed by atoms with Crippen molar-refractivity contribution in [1.29, 1.82) is 0 Å². The third-order valence-electron chi connectivity index (χ3n) is 4.31. The van der Waals surface area contributed by atoms with Crippen LogP contribution in [-0.4, -0.2) is 23.3 Å². The summed E-state index contributed by atoms with van der Waals surface area (Å²) in [5, 5.41) is 12.4. The lowest BCUT2D eigenvalue weighted by atomic mass is 9.71. The summed E-state index contributed by atoms with van der Waals surface area (Å²) in [6.45, 7) is 0. The molecule has 21 heavy (non-hydrogen) atoms. The van der Waals surface area contributed by atoms with Gasteiger partial charge >= 0.3 is 5.97 Å². The van der Waals surface area contributed by atoms with Crippen molar-refractivity contribution in [2.45, 2.75) is 24.0 Å². The SMILES string of the molecule is NC1NC(C(=O)O)CC1(c1ccccc1)c1ccccc1. The molecule has 0 aromatic heterocycles. The number of carboxylic acid groups (broad SMARTS) is 1. The number of carboxylic acids is 1. The van der Waals surface area contributed by atoms with E-state index in [4.69, 9.17) is 5.73 Å². The lowest BCUT2D eigenvalue weighted by molar-refractivity contribution is -0.139. The molecule has 0 spiro atoms. The quantitative estimate of drug-likeness (QED) is 0.801. The van der Waals surface area contributed by atoms with E-state index in [0.29, 0.717) is 6.42 Å². The van der Waals surface area contributed by atoms with Gasteiger partial charge in [-0.05, 0) is 17.5 Å². The fourth-order valence-corrected chi connectivity index (χ4v) is 3.26. The summed E-state index contributed by atoms with van der Waals surface area (Å²) in [6, 6.07) is 19.1. The third kappa shape index (κ3) is 2.22. The number of carbonyl (C=O) groups is 1. The molecule has 4 heteroatoms. The van der Waals surface area contributed by atoms with Gasteiger partial charge < -0.3 is 10.8 Å². The summed E-state index contributed by atoms with van der Waals surface area (Å²) >= 11 is 0. The Kier molecular flexibility index (Phi) is 3.49. The van der Waals surface area contributed by atoms with Crippen LogP contribution in [-0.2, 0) is 10.2 Å². The Morgan fingerprint density at radius 3 is 1.90 bits per heavy atom. The zero-order valence-electron chi connectivity index (χ0n) is 11.6. The summed E-state index contributed by atoms with van der Waals surface area (Å²) in [6.07, 6.45) is 0.000694. The molecule has 2 aromatic carbocycles. The van der Waals surface area contributed by atoms with Crippen molar-refractivity contribution in [3.8, 4) is 0 Å². The number of aliphatic carboxylic acids is 1. The van der Waals surface area contributed by atoms with E-state index < -0.39 is 23.6 Å². The van der Waals surface area contributed by atoms with E-state index in [1.165, 1.54) is 0 Å². The summed E-state index contributed by atoms with van der Waals surface area (Å²) < 4.78 is 0. The van der Waals surface area contributed by atoms with Gasteiger partial charge in [-0.3, -0.25) is 10.1 Å². The molecule has 0 bridgehead atoms.